The first-order valence-electron chi connectivity index (χ1n) is 6.95. The van der Waals surface area contributed by atoms with Crippen molar-refractivity contribution in [3.05, 3.63) is 36.1 Å². The third-order valence-corrected chi connectivity index (χ3v) is 4.16. The molecule has 3 rings (SSSR count). The fraction of sp³-hybridized carbons (Fsp3) is 0.438. The fourth-order valence-corrected chi connectivity index (χ4v) is 3.04. The molecule has 1 saturated carbocycles. The Labute approximate surface area is 112 Å². The van der Waals surface area contributed by atoms with Crippen LogP contribution in [0, 0.1) is 5.92 Å². The molecule has 3 nitrogen and oxygen atoms in total. The molecule has 0 aliphatic heterocycles. The quantitative estimate of drug-likeness (QED) is 0.822. The van der Waals surface area contributed by atoms with Crippen molar-refractivity contribution in [2.75, 3.05) is 0 Å². The molecule has 1 aliphatic rings. The highest BCUT2D eigenvalue weighted by Crippen LogP contribution is 2.36. The first-order chi connectivity index (χ1) is 9.24. The minimum atomic E-state index is -0.648. The van der Waals surface area contributed by atoms with Crippen LogP contribution in [0.1, 0.15) is 43.8 Å². The second-order valence-corrected chi connectivity index (χ2v) is 5.43. The Bertz CT molecular complexity index is 551. The molecule has 2 atom stereocenters. The predicted molar refractivity (Wildman–Crippen MR) is 73.2 cm³/mol. The summed E-state index contributed by atoms with van der Waals surface area (Å²) in [5, 5.41) is 10.2. The highest BCUT2D eigenvalue weighted by molar-refractivity contribution is 5.77. The highest BCUT2D eigenvalue weighted by Gasteiger charge is 2.26. The third kappa shape index (κ3) is 2.50. The molecule has 3 heteroatoms. The number of fused-ring (bicyclic) bond motifs is 1. The molecule has 1 aromatic carbocycles. The number of carbonyl (C=O) groups is 1. The van der Waals surface area contributed by atoms with Crippen LogP contribution in [0.25, 0.3) is 11.0 Å². The maximum atomic E-state index is 11.1. The van der Waals surface area contributed by atoms with E-state index < -0.39 is 5.97 Å². The Morgan fingerprint density at radius 3 is 2.79 bits per heavy atom. The molecule has 100 valence electrons. The molecule has 1 aliphatic carbocycles. The van der Waals surface area contributed by atoms with E-state index in [1.54, 1.807) is 0 Å². The van der Waals surface area contributed by atoms with Crippen LogP contribution in [0.15, 0.2) is 34.7 Å². The van der Waals surface area contributed by atoms with Gasteiger partial charge in [-0.3, -0.25) is 4.79 Å². The minimum Gasteiger partial charge on any atom is -0.481 e. The summed E-state index contributed by atoms with van der Waals surface area (Å²) in [6.45, 7) is 0. The number of rotatable bonds is 2. The van der Waals surface area contributed by atoms with Crippen LogP contribution in [0.5, 0.6) is 0 Å². The van der Waals surface area contributed by atoms with Crippen molar-refractivity contribution in [2.24, 2.45) is 5.92 Å². The number of benzene rings is 1. The van der Waals surface area contributed by atoms with Crippen LogP contribution < -0.4 is 0 Å². The number of hydrogen-bond donors (Lipinski definition) is 1. The average Bonchev–Trinajstić information content (AvgIpc) is 2.67. The van der Waals surface area contributed by atoms with Gasteiger partial charge >= 0.3 is 5.97 Å². The van der Waals surface area contributed by atoms with Crippen molar-refractivity contribution >= 4 is 16.9 Å². The van der Waals surface area contributed by atoms with Crippen molar-refractivity contribution in [1.82, 2.24) is 0 Å². The standard InChI is InChI=1S/C16H18O3/c17-16(18)12-6-3-5-11(8-9-12)15-10-13-4-1-2-7-14(13)19-15/h1-2,4,7,10-12H,3,5-6,8-9H2,(H,17,18). The van der Waals surface area contributed by atoms with Gasteiger partial charge in [-0.15, -0.1) is 0 Å². The van der Waals surface area contributed by atoms with Gasteiger partial charge in [-0.2, -0.15) is 0 Å². The molecule has 2 unspecified atom stereocenters. The van der Waals surface area contributed by atoms with Gasteiger partial charge in [-0.25, -0.2) is 0 Å². The van der Waals surface area contributed by atoms with E-state index in [1.165, 1.54) is 0 Å². The molecule has 1 N–H and O–H groups in total. The third-order valence-electron chi connectivity index (χ3n) is 4.16. The molecule has 0 spiro atoms. The van der Waals surface area contributed by atoms with Gasteiger partial charge in [0.25, 0.3) is 0 Å². The Kier molecular flexibility index (Phi) is 3.28. The topological polar surface area (TPSA) is 50.4 Å². The Morgan fingerprint density at radius 2 is 2.00 bits per heavy atom. The molecule has 1 heterocycles. The molecule has 19 heavy (non-hydrogen) atoms. The smallest absolute Gasteiger partial charge is 0.306 e. The molecule has 2 aromatic rings. The summed E-state index contributed by atoms with van der Waals surface area (Å²) in [6, 6.07) is 10.1. The van der Waals surface area contributed by atoms with E-state index in [1.807, 2.05) is 18.2 Å². The second kappa shape index (κ2) is 5.08. The minimum absolute atomic E-state index is 0.172. The number of para-hydroxylation sites is 1. The first kappa shape index (κ1) is 12.3. The van der Waals surface area contributed by atoms with Crippen LogP contribution in [-0.2, 0) is 4.79 Å². The zero-order valence-corrected chi connectivity index (χ0v) is 10.8. The molecule has 0 radical (unpaired) electrons. The largest absolute Gasteiger partial charge is 0.481 e. The van der Waals surface area contributed by atoms with E-state index in [0.29, 0.717) is 5.92 Å². The van der Waals surface area contributed by atoms with Crippen LogP contribution in [0.2, 0.25) is 0 Å². The van der Waals surface area contributed by atoms with Crippen LogP contribution in [0.3, 0.4) is 0 Å². The van der Waals surface area contributed by atoms with E-state index in [-0.39, 0.29) is 5.92 Å². The Morgan fingerprint density at radius 1 is 1.16 bits per heavy atom. The SMILES string of the molecule is O=C(O)C1CCCC(c2cc3ccccc3o2)CC1. The van der Waals surface area contributed by atoms with E-state index in [2.05, 4.69) is 12.1 Å². The number of hydrogen-bond acceptors (Lipinski definition) is 2. The zero-order valence-electron chi connectivity index (χ0n) is 10.8. The first-order valence-corrected chi connectivity index (χ1v) is 6.95. The summed E-state index contributed by atoms with van der Waals surface area (Å²) in [6.07, 6.45) is 4.47. The summed E-state index contributed by atoms with van der Waals surface area (Å²) in [5.41, 5.74) is 0.927. The molecule has 0 saturated heterocycles. The maximum Gasteiger partial charge on any atom is 0.306 e. The number of aliphatic carboxylic acids is 1. The normalized spacial score (nSPS) is 24.2. The van der Waals surface area contributed by atoms with E-state index in [9.17, 15) is 4.79 Å². The number of furan rings is 1. The lowest BCUT2D eigenvalue weighted by molar-refractivity contribution is -0.142. The second-order valence-electron chi connectivity index (χ2n) is 5.43. The fourth-order valence-electron chi connectivity index (χ4n) is 3.04. The summed E-state index contributed by atoms with van der Waals surface area (Å²) in [4.78, 5) is 11.1. The monoisotopic (exact) mass is 258 g/mol. The lowest BCUT2D eigenvalue weighted by atomic mass is 9.96. The molecule has 1 fully saturated rings. The van der Waals surface area contributed by atoms with Gasteiger partial charge in [0.2, 0.25) is 0 Å². The van der Waals surface area contributed by atoms with Crippen LogP contribution in [0.4, 0.5) is 0 Å². The summed E-state index contributed by atoms with van der Waals surface area (Å²) in [5.74, 6) is 0.573. The summed E-state index contributed by atoms with van der Waals surface area (Å²) < 4.78 is 5.91. The average molecular weight is 258 g/mol. The number of carboxylic acids is 1. The molecular weight excluding hydrogens is 240 g/mol. The van der Waals surface area contributed by atoms with Crippen molar-refractivity contribution in [2.45, 2.75) is 38.0 Å². The molecular formula is C16H18O3. The summed E-state index contributed by atoms with van der Waals surface area (Å²) >= 11 is 0. The maximum absolute atomic E-state index is 11.1. The van der Waals surface area contributed by atoms with Gasteiger partial charge in [0, 0.05) is 11.3 Å². The lowest BCUT2D eigenvalue weighted by Crippen LogP contribution is -2.12. The van der Waals surface area contributed by atoms with E-state index in [0.717, 1.165) is 48.8 Å². The van der Waals surface area contributed by atoms with Crippen molar-refractivity contribution in [1.29, 1.82) is 0 Å². The highest BCUT2D eigenvalue weighted by atomic mass is 16.4. The van der Waals surface area contributed by atoms with Crippen LogP contribution >= 0.6 is 0 Å². The molecule has 0 bridgehead atoms. The van der Waals surface area contributed by atoms with Crippen molar-refractivity contribution < 1.29 is 14.3 Å². The lowest BCUT2D eigenvalue weighted by Gasteiger charge is -2.10. The van der Waals surface area contributed by atoms with Gasteiger partial charge in [0.1, 0.15) is 11.3 Å². The molecule has 1 aromatic heterocycles. The van der Waals surface area contributed by atoms with E-state index in [4.69, 9.17) is 9.52 Å². The van der Waals surface area contributed by atoms with Crippen molar-refractivity contribution in [3.8, 4) is 0 Å². The summed E-state index contributed by atoms with van der Waals surface area (Å²) in [7, 11) is 0. The Balaban J connectivity index is 1.80. The van der Waals surface area contributed by atoms with Gasteiger partial charge in [-0.1, -0.05) is 24.6 Å². The van der Waals surface area contributed by atoms with Gasteiger partial charge in [0.15, 0.2) is 0 Å². The predicted octanol–water partition coefficient (Wildman–Crippen LogP) is 4.18. The van der Waals surface area contributed by atoms with Crippen LogP contribution in [-0.4, -0.2) is 11.1 Å². The van der Waals surface area contributed by atoms with Crippen molar-refractivity contribution in [3.63, 3.8) is 0 Å². The van der Waals surface area contributed by atoms with Gasteiger partial charge < -0.3 is 9.52 Å². The molecule has 0 amide bonds. The number of carboxylic acid groups (broad SMARTS) is 1. The van der Waals surface area contributed by atoms with E-state index >= 15 is 0 Å². The zero-order chi connectivity index (χ0) is 13.2. The van der Waals surface area contributed by atoms with Gasteiger partial charge in [-0.05, 0) is 37.8 Å². The van der Waals surface area contributed by atoms with Gasteiger partial charge in [0.05, 0.1) is 5.92 Å². The Hall–Kier alpha value is -1.77.